The second-order valence-electron chi connectivity index (χ2n) is 6.70. The van der Waals surface area contributed by atoms with Gasteiger partial charge in [0, 0.05) is 57.2 Å². The van der Waals surface area contributed by atoms with Crippen molar-refractivity contribution in [3.8, 4) is 12.3 Å². The molecular formula is C20H25N7O. The Kier molecular flexibility index (Phi) is 6.50. The largest absolute Gasteiger partial charge is 0.338 e. The number of ketones is 1. The van der Waals surface area contributed by atoms with Crippen molar-refractivity contribution in [1.29, 1.82) is 0 Å². The molecule has 1 fully saturated rings. The van der Waals surface area contributed by atoms with Gasteiger partial charge < -0.3 is 15.1 Å². The third kappa shape index (κ3) is 5.02. The maximum absolute atomic E-state index is 12.2. The van der Waals surface area contributed by atoms with Crippen LogP contribution < -0.4 is 10.2 Å². The van der Waals surface area contributed by atoms with Gasteiger partial charge in [0.25, 0.3) is 0 Å². The van der Waals surface area contributed by atoms with Gasteiger partial charge in [-0.3, -0.25) is 4.79 Å². The van der Waals surface area contributed by atoms with E-state index in [2.05, 4.69) is 48.0 Å². The quantitative estimate of drug-likeness (QED) is 0.577. The number of terminal acetylenes is 1. The topological polar surface area (TPSA) is 87.1 Å². The van der Waals surface area contributed by atoms with Crippen LogP contribution in [0.25, 0.3) is 0 Å². The molecular weight excluding hydrogens is 354 g/mol. The van der Waals surface area contributed by atoms with Gasteiger partial charge in [0.1, 0.15) is 11.6 Å². The van der Waals surface area contributed by atoms with E-state index in [0.717, 1.165) is 26.2 Å². The summed E-state index contributed by atoms with van der Waals surface area (Å²) >= 11 is 0. The molecule has 0 atom stereocenters. The Morgan fingerprint density at radius 3 is 2.75 bits per heavy atom. The van der Waals surface area contributed by atoms with E-state index in [9.17, 15) is 4.79 Å². The zero-order chi connectivity index (χ0) is 19.9. The number of likely N-dealkylation sites (N-methyl/N-ethyl adjacent to an activating group) is 1. The van der Waals surface area contributed by atoms with Gasteiger partial charge in [0.15, 0.2) is 5.78 Å². The van der Waals surface area contributed by atoms with Crippen LogP contribution in [-0.2, 0) is 6.42 Å². The first-order valence-electron chi connectivity index (χ1n) is 9.47. The van der Waals surface area contributed by atoms with Crippen molar-refractivity contribution in [2.45, 2.75) is 26.2 Å². The first kappa shape index (κ1) is 19.7. The Morgan fingerprint density at radius 1 is 1.25 bits per heavy atom. The number of hydrogen-bond donors (Lipinski definition) is 1. The van der Waals surface area contributed by atoms with E-state index in [1.807, 2.05) is 6.92 Å². The minimum absolute atomic E-state index is 0.00794. The highest BCUT2D eigenvalue weighted by atomic mass is 16.1. The molecule has 0 saturated carbocycles. The minimum Gasteiger partial charge on any atom is -0.338 e. The number of nitrogens with one attached hydrogen (secondary N) is 1. The van der Waals surface area contributed by atoms with E-state index in [0.29, 0.717) is 48.4 Å². The van der Waals surface area contributed by atoms with Crippen LogP contribution in [0.1, 0.15) is 35.9 Å². The molecule has 0 radical (unpaired) electrons. The van der Waals surface area contributed by atoms with Gasteiger partial charge in [-0.2, -0.15) is 15.0 Å². The van der Waals surface area contributed by atoms with Gasteiger partial charge in [-0.25, -0.2) is 4.98 Å². The second-order valence-corrected chi connectivity index (χ2v) is 6.70. The van der Waals surface area contributed by atoms with E-state index in [1.54, 1.807) is 18.3 Å². The van der Waals surface area contributed by atoms with Crippen molar-refractivity contribution in [2.24, 2.45) is 0 Å². The zero-order valence-electron chi connectivity index (χ0n) is 16.4. The highest BCUT2D eigenvalue weighted by Gasteiger charge is 2.18. The molecule has 1 aliphatic heterocycles. The lowest BCUT2D eigenvalue weighted by Gasteiger charge is -2.32. The second kappa shape index (κ2) is 9.24. The summed E-state index contributed by atoms with van der Waals surface area (Å²) < 4.78 is 0. The molecule has 0 bridgehead atoms. The minimum atomic E-state index is -0.00794. The molecule has 0 aromatic carbocycles. The zero-order valence-corrected chi connectivity index (χ0v) is 16.4. The summed E-state index contributed by atoms with van der Waals surface area (Å²) in [6.07, 6.45) is 8.28. The lowest BCUT2D eigenvalue weighted by atomic mass is 10.1. The van der Waals surface area contributed by atoms with Crippen molar-refractivity contribution >= 4 is 23.5 Å². The monoisotopic (exact) mass is 379 g/mol. The van der Waals surface area contributed by atoms with Crippen LogP contribution in [-0.4, -0.2) is 63.8 Å². The third-order valence-corrected chi connectivity index (χ3v) is 4.59. The molecule has 146 valence electrons. The summed E-state index contributed by atoms with van der Waals surface area (Å²) in [5.74, 6) is 4.82. The number of aryl methyl sites for hydroxylation is 1. The van der Waals surface area contributed by atoms with Crippen molar-refractivity contribution in [3.05, 3.63) is 29.7 Å². The van der Waals surface area contributed by atoms with E-state index in [-0.39, 0.29) is 5.78 Å². The molecule has 2 aromatic rings. The Labute approximate surface area is 165 Å². The molecule has 8 nitrogen and oxygen atoms in total. The highest BCUT2D eigenvalue weighted by Crippen LogP contribution is 2.17. The molecule has 1 N–H and O–H groups in total. The molecule has 3 heterocycles. The average molecular weight is 379 g/mol. The number of anilines is 3. The van der Waals surface area contributed by atoms with E-state index < -0.39 is 0 Å². The van der Waals surface area contributed by atoms with Gasteiger partial charge >= 0.3 is 0 Å². The first-order chi connectivity index (χ1) is 13.6. The Hall–Kier alpha value is -3.05. The number of carbonyl (C=O) groups excluding carboxylic acids is 1. The Balaban J connectivity index is 1.79. The summed E-state index contributed by atoms with van der Waals surface area (Å²) in [6, 6.07) is 3.38. The van der Waals surface area contributed by atoms with Crippen molar-refractivity contribution in [2.75, 3.05) is 43.4 Å². The summed E-state index contributed by atoms with van der Waals surface area (Å²) in [5.41, 5.74) is 0.566. The SMILES string of the molecule is C#CCCC(=O)c1ccnc(Nc2nc(CC)nc(N3CCN(C)CC3)n2)c1. The molecule has 3 rings (SSSR count). The predicted molar refractivity (Wildman–Crippen MR) is 109 cm³/mol. The van der Waals surface area contributed by atoms with Crippen LogP contribution in [0.4, 0.5) is 17.7 Å². The number of rotatable bonds is 7. The maximum atomic E-state index is 12.2. The fraction of sp³-hybridized carbons (Fsp3) is 0.450. The molecule has 1 saturated heterocycles. The molecule has 28 heavy (non-hydrogen) atoms. The van der Waals surface area contributed by atoms with Crippen molar-refractivity contribution in [3.63, 3.8) is 0 Å². The van der Waals surface area contributed by atoms with Crippen LogP contribution in [0.2, 0.25) is 0 Å². The highest BCUT2D eigenvalue weighted by molar-refractivity contribution is 5.96. The summed E-state index contributed by atoms with van der Waals surface area (Å²) in [4.78, 5) is 34.5. The number of nitrogens with zero attached hydrogens (tertiary/aromatic N) is 6. The van der Waals surface area contributed by atoms with Gasteiger partial charge in [-0.05, 0) is 19.2 Å². The maximum Gasteiger partial charge on any atom is 0.233 e. The van der Waals surface area contributed by atoms with Crippen LogP contribution >= 0.6 is 0 Å². The predicted octanol–water partition coefficient (Wildman–Crippen LogP) is 1.92. The van der Waals surface area contributed by atoms with Gasteiger partial charge in [0.2, 0.25) is 11.9 Å². The fourth-order valence-corrected chi connectivity index (χ4v) is 2.89. The van der Waals surface area contributed by atoms with Crippen LogP contribution in [0, 0.1) is 12.3 Å². The number of piperazine rings is 1. The number of Topliss-reactive ketones (excluding diaryl/α,β-unsaturated/α-hetero) is 1. The normalized spacial score (nSPS) is 14.5. The lowest BCUT2D eigenvalue weighted by molar-refractivity contribution is 0.0984. The number of aromatic nitrogens is 4. The molecule has 1 aliphatic rings. The molecule has 0 spiro atoms. The lowest BCUT2D eigenvalue weighted by Crippen LogP contribution is -2.45. The van der Waals surface area contributed by atoms with E-state index in [4.69, 9.17) is 6.42 Å². The first-order valence-corrected chi connectivity index (χ1v) is 9.47. The van der Waals surface area contributed by atoms with Crippen LogP contribution in [0.3, 0.4) is 0 Å². The fourth-order valence-electron chi connectivity index (χ4n) is 2.89. The van der Waals surface area contributed by atoms with Gasteiger partial charge in [0.05, 0.1) is 0 Å². The number of hydrogen-bond acceptors (Lipinski definition) is 8. The Morgan fingerprint density at radius 2 is 2.04 bits per heavy atom. The molecule has 2 aromatic heterocycles. The Bertz CT molecular complexity index is 869. The summed E-state index contributed by atoms with van der Waals surface area (Å²) in [6.45, 7) is 5.70. The molecule has 0 amide bonds. The van der Waals surface area contributed by atoms with Crippen molar-refractivity contribution < 1.29 is 4.79 Å². The number of pyridine rings is 1. The van der Waals surface area contributed by atoms with Crippen LogP contribution in [0.5, 0.6) is 0 Å². The third-order valence-electron chi connectivity index (χ3n) is 4.59. The molecule has 8 heteroatoms. The van der Waals surface area contributed by atoms with E-state index in [1.165, 1.54) is 0 Å². The van der Waals surface area contributed by atoms with Gasteiger partial charge in [-0.1, -0.05) is 6.92 Å². The molecule has 0 aliphatic carbocycles. The van der Waals surface area contributed by atoms with E-state index >= 15 is 0 Å². The standard InChI is InChI=1S/C20H25N7O/c1-4-6-7-16(28)15-8-9-21-18(14-15)23-19-22-17(5-2)24-20(25-19)27-12-10-26(3)11-13-27/h1,8-9,14H,5-7,10-13H2,2-3H3,(H,21,22,23,24,25). The van der Waals surface area contributed by atoms with Gasteiger partial charge in [-0.15, -0.1) is 12.3 Å². The van der Waals surface area contributed by atoms with Crippen molar-refractivity contribution in [1.82, 2.24) is 24.8 Å². The molecule has 0 unspecified atom stereocenters. The summed E-state index contributed by atoms with van der Waals surface area (Å²) in [7, 11) is 2.11. The summed E-state index contributed by atoms with van der Waals surface area (Å²) in [5, 5.41) is 3.12. The smallest absolute Gasteiger partial charge is 0.233 e. The van der Waals surface area contributed by atoms with Crippen LogP contribution in [0.15, 0.2) is 18.3 Å². The number of carbonyl (C=O) groups is 1. The average Bonchev–Trinajstić information content (AvgIpc) is 2.72.